The molecule has 3 N–H and O–H groups in total. The van der Waals surface area contributed by atoms with Gasteiger partial charge in [0.05, 0.1) is 11.3 Å². The summed E-state index contributed by atoms with van der Waals surface area (Å²) in [6.07, 6.45) is 0. The van der Waals surface area contributed by atoms with Crippen molar-refractivity contribution in [3.05, 3.63) is 29.3 Å². The zero-order chi connectivity index (χ0) is 8.43. The highest BCUT2D eigenvalue weighted by Crippen LogP contribution is 2.13. The molecule has 0 heterocycles. The number of nitrogens with two attached hydrogens (primary N) is 1. The van der Waals surface area contributed by atoms with Crippen LogP contribution >= 0.6 is 0 Å². The first-order valence-corrected chi connectivity index (χ1v) is 3.23. The molecule has 0 saturated heterocycles. The molecule has 11 heavy (non-hydrogen) atoms. The maximum Gasteiger partial charge on any atom is 0.250 e. The number of primary amides is 1. The van der Waals surface area contributed by atoms with Crippen LogP contribution in [0.2, 0.25) is 0 Å². The first-order chi connectivity index (χ1) is 5.11. The quantitative estimate of drug-likeness (QED) is 0.636. The summed E-state index contributed by atoms with van der Waals surface area (Å²) in [5.41, 5.74) is 13.7. The molecule has 1 rings (SSSR count). The summed E-state index contributed by atoms with van der Waals surface area (Å²) in [5.74, 6) is -0.543. The number of hydrogen-bond acceptors (Lipinski definition) is 1. The van der Waals surface area contributed by atoms with Crippen LogP contribution in [0.3, 0.4) is 0 Å². The van der Waals surface area contributed by atoms with E-state index in [9.17, 15) is 4.79 Å². The molecule has 0 aliphatic heterocycles. The Labute approximate surface area is 65.0 Å². The fourth-order valence-electron chi connectivity index (χ4n) is 0.862. The smallest absolute Gasteiger partial charge is 0.250 e. The maximum atomic E-state index is 10.7. The van der Waals surface area contributed by atoms with E-state index >= 15 is 0 Å². The monoisotopic (exact) mass is 149 g/mol. The summed E-state index contributed by atoms with van der Waals surface area (Å²) in [6, 6.07) is 4.95. The third-order valence-corrected chi connectivity index (χ3v) is 1.44. The Morgan fingerprint density at radius 2 is 2.18 bits per heavy atom. The minimum absolute atomic E-state index is 0.183. The van der Waals surface area contributed by atoms with Crippen LogP contribution in [-0.4, -0.2) is 5.91 Å². The average Bonchev–Trinajstić information content (AvgIpc) is 1.94. The van der Waals surface area contributed by atoms with Gasteiger partial charge in [-0.1, -0.05) is 11.6 Å². The molecule has 1 aromatic carbocycles. The maximum absolute atomic E-state index is 10.7. The Bertz CT molecular complexity index is 294. The Balaban J connectivity index is 3.23. The molecule has 0 spiro atoms. The second-order valence-electron chi connectivity index (χ2n) is 2.41. The zero-order valence-corrected chi connectivity index (χ0v) is 6.22. The first kappa shape index (κ1) is 7.60. The molecule has 3 heteroatoms. The molecule has 0 aliphatic carbocycles. The predicted octanol–water partition coefficient (Wildman–Crippen LogP) is 1.01. The number of carbonyl (C=O) groups is 1. The van der Waals surface area contributed by atoms with E-state index < -0.39 is 5.91 Å². The van der Waals surface area contributed by atoms with Gasteiger partial charge < -0.3 is 11.5 Å². The van der Waals surface area contributed by atoms with Crippen LogP contribution in [-0.2, 0) is 0 Å². The third kappa shape index (κ3) is 1.49. The Morgan fingerprint density at radius 1 is 1.55 bits per heavy atom. The van der Waals surface area contributed by atoms with Crippen LogP contribution in [0.1, 0.15) is 15.9 Å². The van der Waals surface area contributed by atoms with Crippen molar-refractivity contribution >= 4 is 11.6 Å². The average molecular weight is 149 g/mol. The van der Waals surface area contributed by atoms with Crippen molar-refractivity contribution in [3.8, 4) is 0 Å². The lowest BCUT2D eigenvalue weighted by Gasteiger charge is -2.00. The minimum Gasteiger partial charge on any atom is -0.366 e. The van der Waals surface area contributed by atoms with E-state index in [2.05, 4.69) is 0 Å². The van der Waals surface area contributed by atoms with Crippen LogP contribution in [0.25, 0.3) is 0 Å². The van der Waals surface area contributed by atoms with Crippen molar-refractivity contribution in [1.82, 2.24) is 5.73 Å². The van der Waals surface area contributed by atoms with Gasteiger partial charge in [0, 0.05) is 0 Å². The third-order valence-electron chi connectivity index (χ3n) is 1.44. The highest BCUT2D eigenvalue weighted by molar-refractivity contribution is 5.97. The van der Waals surface area contributed by atoms with E-state index in [1.807, 2.05) is 6.92 Å². The van der Waals surface area contributed by atoms with Gasteiger partial charge in [0.25, 0.3) is 5.91 Å². The fraction of sp³-hybridized carbons (Fsp3) is 0.125. The van der Waals surface area contributed by atoms with Gasteiger partial charge in [0.15, 0.2) is 0 Å². The molecule has 3 nitrogen and oxygen atoms in total. The van der Waals surface area contributed by atoms with E-state index in [1.54, 1.807) is 18.2 Å². The van der Waals surface area contributed by atoms with Gasteiger partial charge in [0.1, 0.15) is 0 Å². The highest BCUT2D eigenvalue weighted by Gasteiger charge is 2.04. The zero-order valence-electron chi connectivity index (χ0n) is 6.22. The largest absolute Gasteiger partial charge is 0.366 e. The Morgan fingerprint density at radius 3 is 2.64 bits per heavy atom. The first-order valence-electron chi connectivity index (χ1n) is 3.23. The molecule has 0 aliphatic rings. The highest BCUT2D eigenvalue weighted by atomic mass is 16.1. The second kappa shape index (κ2) is 2.62. The molecule has 1 amide bonds. The van der Waals surface area contributed by atoms with E-state index in [0.29, 0.717) is 0 Å². The number of benzene rings is 1. The van der Waals surface area contributed by atoms with E-state index in [0.717, 1.165) is 5.56 Å². The lowest BCUT2D eigenvalue weighted by molar-refractivity contribution is 0.100. The standard InChI is InChI=1S/C8H9N2O/c1-5-2-3-7(9)6(4-5)8(10)11/h2-4,9H,1H3,(H2,10,11). The minimum atomic E-state index is -0.543. The van der Waals surface area contributed by atoms with Crippen LogP contribution in [0.4, 0.5) is 5.69 Å². The van der Waals surface area contributed by atoms with Gasteiger partial charge in [-0.25, -0.2) is 0 Å². The molecule has 1 radical (unpaired) electrons. The molecule has 0 unspecified atom stereocenters. The van der Waals surface area contributed by atoms with E-state index in [4.69, 9.17) is 11.5 Å². The van der Waals surface area contributed by atoms with Crippen LogP contribution in [0.15, 0.2) is 18.2 Å². The van der Waals surface area contributed by atoms with Gasteiger partial charge in [-0.2, -0.15) is 0 Å². The van der Waals surface area contributed by atoms with Crippen molar-refractivity contribution in [1.29, 1.82) is 0 Å². The number of aryl methyl sites for hydroxylation is 1. The number of carbonyl (C=O) groups excluding carboxylic acids is 1. The topological polar surface area (TPSA) is 66.9 Å². The lowest BCUT2D eigenvalue weighted by Crippen LogP contribution is -2.11. The summed E-state index contributed by atoms with van der Waals surface area (Å²) in [7, 11) is 0. The summed E-state index contributed by atoms with van der Waals surface area (Å²) in [4.78, 5) is 10.7. The van der Waals surface area contributed by atoms with Crippen molar-refractivity contribution < 1.29 is 4.79 Å². The molecule has 0 aromatic heterocycles. The summed E-state index contributed by atoms with van der Waals surface area (Å²) in [6.45, 7) is 1.85. The van der Waals surface area contributed by atoms with Crippen molar-refractivity contribution in [3.63, 3.8) is 0 Å². The molecule has 0 atom stereocenters. The lowest BCUT2D eigenvalue weighted by atomic mass is 10.1. The number of amides is 1. The van der Waals surface area contributed by atoms with E-state index in [-0.39, 0.29) is 11.3 Å². The predicted molar refractivity (Wildman–Crippen MR) is 42.5 cm³/mol. The molecular weight excluding hydrogens is 140 g/mol. The van der Waals surface area contributed by atoms with Gasteiger partial charge in [-0.15, -0.1) is 0 Å². The van der Waals surface area contributed by atoms with Gasteiger partial charge in [0.2, 0.25) is 0 Å². The molecule has 0 saturated carbocycles. The second-order valence-corrected chi connectivity index (χ2v) is 2.41. The van der Waals surface area contributed by atoms with Crippen molar-refractivity contribution in [2.75, 3.05) is 0 Å². The number of hydrogen-bond donors (Lipinski definition) is 1. The van der Waals surface area contributed by atoms with Gasteiger partial charge >= 0.3 is 0 Å². The van der Waals surface area contributed by atoms with Crippen molar-refractivity contribution in [2.24, 2.45) is 5.73 Å². The summed E-state index contributed by atoms with van der Waals surface area (Å²) in [5, 5.41) is 0. The fourth-order valence-corrected chi connectivity index (χ4v) is 0.862. The molecule has 0 fully saturated rings. The van der Waals surface area contributed by atoms with Crippen LogP contribution in [0, 0.1) is 6.92 Å². The molecule has 1 aromatic rings. The summed E-state index contributed by atoms with van der Waals surface area (Å²) >= 11 is 0. The van der Waals surface area contributed by atoms with Crippen LogP contribution in [0.5, 0.6) is 0 Å². The van der Waals surface area contributed by atoms with Crippen molar-refractivity contribution in [2.45, 2.75) is 6.92 Å². The van der Waals surface area contributed by atoms with Gasteiger partial charge in [-0.05, 0) is 19.1 Å². The SMILES string of the molecule is Cc1ccc([NH])c(C(N)=O)c1. The number of nitrogens with one attached hydrogen (secondary N) is 1. The number of rotatable bonds is 1. The van der Waals surface area contributed by atoms with Gasteiger partial charge in [-0.3, -0.25) is 4.79 Å². The van der Waals surface area contributed by atoms with Crippen LogP contribution < -0.4 is 11.5 Å². The molecule has 57 valence electrons. The Hall–Kier alpha value is -1.51. The normalized spacial score (nSPS) is 9.55. The summed E-state index contributed by atoms with van der Waals surface area (Å²) < 4.78 is 0. The Kier molecular flexibility index (Phi) is 1.81. The molecule has 0 bridgehead atoms. The molecular formula is C8H9N2O. The van der Waals surface area contributed by atoms with E-state index in [1.165, 1.54) is 0 Å².